The molecule has 3 heterocycles. The molecule has 2 aliphatic carbocycles. The highest BCUT2D eigenvalue weighted by Gasteiger charge is 2.59. The minimum absolute atomic E-state index is 0.0181. The lowest BCUT2D eigenvalue weighted by Gasteiger charge is -2.39. The van der Waals surface area contributed by atoms with Gasteiger partial charge in [-0.15, -0.1) is 5.10 Å². The van der Waals surface area contributed by atoms with Gasteiger partial charge in [-0.2, -0.15) is 13.2 Å². The van der Waals surface area contributed by atoms with Crippen molar-refractivity contribution in [3.8, 4) is 22.7 Å². The topological polar surface area (TPSA) is 78.1 Å². The van der Waals surface area contributed by atoms with Crippen molar-refractivity contribution >= 4 is 5.91 Å². The molecule has 8 nitrogen and oxygen atoms in total. The Morgan fingerprint density at radius 3 is 2.67 bits per heavy atom. The second-order valence-electron chi connectivity index (χ2n) is 10.1. The van der Waals surface area contributed by atoms with Gasteiger partial charge in [0.25, 0.3) is 0 Å². The lowest BCUT2D eigenvalue weighted by Crippen LogP contribution is -2.53. The van der Waals surface area contributed by atoms with Crippen LogP contribution in [0.15, 0.2) is 36.9 Å². The molecule has 36 heavy (non-hydrogen) atoms. The zero-order valence-corrected chi connectivity index (χ0v) is 20.0. The second-order valence-corrected chi connectivity index (χ2v) is 10.1. The molecule has 2 saturated carbocycles. The van der Waals surface area contributed by atoms with Crippen molar-refractivity contribution < 1.29 is 22.7 Å². The lowest BCUT2D eigenvalue weighted by atomic mass is 9.85. The molecule has 1 aromatic carbocycles. The molecular formula is C25H27F3N6O2. The summed E-state index contributed by atoms with van der Waals surface area (Å²) in [5, 5.41) is 8.54. The Morgan fingerprint density at radius 2 is 1.94 bits per heavy atom. The minimum Gasteiger partial charge on any atom is -0.495 e. The summed E-state index contributed by atoms with van der Waals surface area (Å²) in [5.41, 5.74) is 2.94. The number of rotatable bonds is 5. The van der Waals surface area contributed by atoms with E-state index in [4.69, 9.17) is 4.74 Å². The van der Waals surface area contributed by atoms with Crippen LogP contribution in [0.25, 0.3) is 16.9 Å². The van der Waals surface area contributed by atoms with Crippen LogP contribution in [0.2, 0.25) is 0 Å². The average molecular weight is 501 g/mol. The molecule has 3 fully saturated rings. The van der Waals surface area contributed by atoms with Gasteiger partial charge in [-0.3, -0.25) is 4.79 Å². The van der Waals surface area contributed by atoms with Gasteiger partial charge < -0.3 is 14.2 Å². The fourth-order valence-electron chi connectivity index (χ4n) is 6.74. The molecule has 6 rings (SSSR count). The number of alkyl halides is 3. The molecule has 2 aromatic heterocycles. The quantitative estimate of drug-likeness (QED) is 0.525. The number of hydrogen-bond acceptors (Lipinski definition) is 5. The smallest absolute Gasteiger partial charge is 0.406 e. The van der Waals surface area contributed by atoms with Crippen LogP contribution in [-0.4, -0.2) is 61.2 Å². The number of ether oxygens (including phenoxy) is 1. The highest BCUT2D eigenvalue weighted by atomic mass is 19.4. The molecule has 0 N–H and O–H groups in total. The first-order chi connectivity index (χ1) is 17.2. The SMILES string of the molecule is COc1cc(-c2cn(C3C(=O)N(CC(F)(F)F)[C@H]4C[C@@H]3[C@H]3CCC[C@H]34)nn2)ccc1-n1cnc(C)c1. The van der Waals surface area contributed by atoms with Gasteiger partial charge in [-0.25, -0.2) is 9.67 Å². The van der Waals surface area contributed by atoms with Crippen molar-refractivity contribution in [1.29, 1.82) is 0 Å². The maximum atomic E-state index is 13.5. The number of piperidine rings is 1. The van der Waals surface area contributed by atoms with Gasteiger partial charge in [-0.1, -0.05) is 17.7 Å². The van der Waals surface area contributed by atoms with Gasteiger partial charge in [-0.05, 0) is 56.1 Å². The summed E-state index contributed by atoms with van der Waals surface area (Å²) < 4.78 is 49.2. The van der Waals surface area contributed by atoms with E-state index in [2.05, 4.69) is 15.3 Å². The van der Waals surface area contributed by atoms with Crippen LogP contribution in [0.3, 0.4) is 0 Å². The van der Waals surface area contributed by atoms with E-state index < -0.39 is 24.7 Å². The number of benzene rings is 1. The van der Waals surface area contributed by atoms with Gasteiger partial charge in [0.1, 0.15) is 24.0 Å². The van der Waals surface area contributed by atoms with Crippen LogP contribution >= 0.6 is 0 Å². The third-order valence-corrected chi connectivity index (χ3v) is 8.13. The largest absolute Gasteiger partial charge is 0.495 e. The number of nitrogens with zero attached hydrogens (tertiary/aromatic N) is 6. The molecule has 1 unspecified atom stereocenters. The van der Waals surface area contributed by atoms with Crippen molar-refractivity contribution in [3.05, 3.63) is 42.6 Å². The van der Waals surface area contributed by atoms with Crippen molar-refractivity contribution in [1.82, 2.24) is 29.4 Å². The number of likely N-dealkylation sites (tertiary alicyclic amines) is 1. The monoisotopic (exact) mass is 500 g/mol. The Labute approximate surface area is 206 Å². The van der Waals surface area contributed by atoms with E-state index in [1.54, 1.807) is 19.6 Å². The Balaban J connectivity index is 1.33. The first-order valence-electron chi connectivity index (χ1n) is 12.2. The molecule has 0 radical (unpaired) electrons. The molecule has 1 aliphatic heterocycles. The molecule has 1 saturated heterocycles. The minimum atomic E-state index is -4.44. The molecule has 11 heteroatoms. The molecule has 0 spiro atoms. The summed E-state index contributed by atoms with van der Waals surface area (Å²) in [6.45, 7) is 0.690. The predicted molar refractivity (Wildman–Crippen MR) is 123 cm³/mol. The Kier molecular flexibility index (Phi) is 5.34. The Morgan fingerprint density at radius 1 is 1.14 bits per heavy atom. The number of carbonyl (C=O) groups is 1. The summed E-state index contributed by atoms with van der Waals surface area (Å²) >= 11 is 0. The van der Waals surface area contributed by atoms with Crippen LogP contribution in [0.1, 0.15) is 37.4 Å². The van der Waals surface area contributed by atoms with Crippen molar-refractivity contribution in [2.24, 2.45) is 17.8 Å². The normalized spacial score (nSPS) is 27.5. The molecule has 3 aliphatic rings. The Bertz CT molecular complexity index is 1300. The van der Waals surface area contributed by atoms with E-state index in [1.807, 2.05) is 35.9 Å². The Hall–Kier alpha value is -3.37. The number of fused-ring (bicyclic) bond motifs is 5. The highest BCUT2D eigenvalue weighted by molar-refractivity contribution is 5.83. The molecule has 3 aromatic rings. The number of hydrogen-bond donors (Lipinski definition) is 0. The number of carbonyl (C=O) groups excluding carboxylic acids is 1. The molecule has 2 bridgehead atoms. The fourth-order valence-corrected chi connectivity index (χ4v) is 6.74. The number of halogens is 3. The van der Waals surface area contributed by atoms with Gasteiger partial charge in [0, 0.05) is 17.8 Å². The van der Waals surface area contributed by atoms with Crippen LogP contribution in [0.4, 0.5) is 13.2 Å². The summed E-state index contributed by atoms with van der Waals surface area (Å²) in [4.78, 5) is 18.8. The summed E-state index contributed by atoms with van der Waals surface area (Å²) in [5.74, 6) is 0.473. The predicted octanol–water partition coefficient (Wildman–Crippen LogP) is 4.20. The second kappa shape index (κ2) is 8.35. The van der Waals surface area contributed by atoms with E-state index in [9.17, 15) is 18.0 Å². The first kappa shape index (κ1) is 23.1. The maximum absolute atomic E-state index is 13.5. The van der Waals surface area contributed by atoms with Gasteiger partial charge in [0.15, 0.2) is 0 Å². The zero-order valence-electron chi connectivity index (χ0n) is 20.0. The maximum Gasteiger partial charge on any atom is 0.406 e. The summed E-state index contributed by atoms with van der Waals surface area (Å²) in [7, 11) is 1.58. The van der Waals surface area contributed by atoms with E-state index in [-0.39, 0.29) is 23.8 Å². The van der Waals surface area contributed by atoms with E-state index >= 15 is 0 Å². The van der Waals surface area contributed by atoms with Gasteiger partial charge in [0.2, 0.25) is 5.91 Å². The van der Waals surface area contributed by atoms with E-state index in [1.165, 1.54) is 4.68 Å². The molecular weight excluding hydrogens is 473 g/mol. The average Bonchev–Trinajstić information content (AvgIpc) is 3.62. The van der Waals surface area contributed by atoms with E-state index in [0.29, 0.717) is 17.9 Å². The fraction of sp³-hybridized carbons (Fsp3) is 0.520. The van der Waals surface area contributed by atoms with Crippen LogP contribution in [0, 0.1) is 24.7 Å². The third kappa shape index (κ3) is 3.75. The van der Waals surface area contributed by atoms with Crippen molar-refractivity contribution in [3.63, 3.8) is 0 Å². The summed E-state index contributed by atoms with van der Waals surface area (Å²) in [6, 6.07) is 4.48. The zero-order chi connectivity index (χ0) is 25.2. The lowest BCUT2D eigenvalue weighted by molar-refractivity contribution is -0.173. The first-order valence-corrected chi connectivity index (χ1v) is 12.2. The third-order valence-electron chi connectivity index (χ3n) is 8.13. The standard InChI is InChI=1S/C25H27F3N6O2/c1-14-10-32(13-29-14)20-7-6-15(8-22(20)36-2)19-11-34(31-30-19)23-18-9-21(17-5-3-4-16(17)18)33(24(23)35)12-25(26,27)28/h6-8,10-11,13,16-18,21,23H,3-5,9,12H2,1-2H3/t16-,17+,18+,21-,23?/m0/s1. The van der Waals surface area contributed by atoms with Crippen LogP contribution in [0.5, 0.6) is 5.75 Å². The number of aromatic nitrogens is 5. The molecule has 5 atom stereocenters. The van der Waals surface area contributed by atoms with Gasteiger partial charge in [0.05, 0.1) is 31.0 Å². The number of imidazole rings is 1. The van der Waals surface area contributed by atoms with Crippen molar-refractivity contribution in [2.45, 2.75) is 50.9 Å². The highest BCUT2D eigenvalue weighted by Crippen LogP contribution is 2.56. The molecule has 190 valence electrons. The van der Waals surface area contributed by atoms with Crippen LogP contribution in [-0.2, 0) is 4.79 Å². The van der Waals surface area contributed by atoms with E-state index in [0.717, 1.165) is 41.1 Å². The number of amides is 1. The van der Waals surface area contributed by atoms with Crippen LogP contribution < -0.4 is 4.74 Å². The molecule has 1 amide bonds. The number of aryl methyl sites for hydroxylation is 1. The van der Waals surface area contributed by atoms with Crippen molar-refractivity contribution in [2.75, 3.05) is 13.7 Å². The summed E-state index contributed by atoms with van der Waals surface area (Å²) in [6.07, 6.45) is 4.24. The number of methoxy groups -OCH3 is 1. The van der Waals surface area contributed by atoms with Gasteiger partial charge >= 0.3 is 6.18 Å².